The Labute approximate surface area is 144 Å². The molecule has 3 aromatic rings. The van der Waals surface area contributed by atoms with Crippen LogP contribution in [0.3, 0.4) is 0 Å². The van der Waals surface area contributed by atoms with Crippen LogP contribution in [0.5, 0.6) is 5.75 Å². The van der Waals surface area contributed by atoms with E-state index < -0.39 is 0 Å². The first-order chi connectivity index (χ1) is 11.8. The zero-order chi connectivity index (χ0) is 16.6. The Morgan fingerprint density at radius 2 is 1.92 bits per heavy atom. The number of amides is 1. The first-order valence-electron chi connectivity index (χ1n) is 7.60. The highest BCUT2D eigenvalue weighted by Crippen LogP contribution is 2.20. The summed E-state index contributed by atoms with van der Waals surface area (Å²) in [4.78, 5) is 20.4. The van der Waals surface area contributed by atoms with Gasteiger partial charge in [0.2, 0.25) is 5.91 Å². The third-order valence-electron chi connectivity index (χ3n) is 3.31. The summed E-state index contributed by atoms with van der Waals surface area (Å²) in [6.07, 6.45) is 3.79. The summed E-state index contributed by atoms with van der Waals surface area (Å²) in [6, 6.07) is 13.3. The molecule has 0 atom stereocenters. The van der Waals surface area contributed by atoms with Crippen molar-refractivity contribution in [2.75, 3.05) is 6.61 Å². The summed E-state index contributed by atoms with van der Waals surface area (Å²) in [5.41, 5.74) is 1.93. The number of para-hydroxylation sites is 1. The van der Waals surface area contributed by atoms with Gasteiger partial charge in [0.25, 0.3) is 0 Å². The molecule has 1 aromatic carbocycles. The fourth-order valence-electron chi connectivity index (χ4n) is 2.09. The molecule has 0 aliphatic rings. The second-order valence-electron chi connectivity index (χ2n) is 5.05. The van der Waals surface area contributed by atoms with Gasteiger partial charge in [0, 0.05) is 23.3 Å². The minimum atomic E-state index is -0.0495. The van der Waals surface area contributed by atoms with Crippen LogP contribution in [0.2, 0.25) is 0 Å². The number of nitrogens with one attached hydrogen (secondary N) is 1. The van der Waals surface area contributed by atoms with Gasteiger partial charge in [-0.1, -0.05) is 18.2 Å². The van der Waals surface area contributed by atoms with Crippen LogP contribution >= 0.6 is 11.3 Å². The average molecular weight is 339 g/mol. The zero-order valence-electron chi connectivity index (χ0n) is 13.0. The minimum absolute atomic E-state index is 0.0495. The topological polar surface area (TPSA) is 64.1 Å². The van der Waals surface area contributed by atoms with Crippen molar-refractivity contribution in [3.8, 4) is 17.0 Å². The van der Waals surface area contributed by atoms with Gasteiger partial charge in [-0.15, -0.1) is 11.3 Å². The monoisotopic (exact) mass is 339 g/mol. The average Bonchev–Trinajstić information content (AvgIpc) is 3.11. The van der Waals surface area contributed by atoms with E-state index in [-0.39, 0.29) is 5.91 Å². The lowest BCUT2D eigenvalue weighted by Gasteiger charge is -2.06. The molecule has 24 heavy (non-hydrogen) atoms. The van der Waals surface area contributed by atoms with Crippen LogP contribution in [-0.4, -0.2) is 22.5 Å². The van der Waals surface area contributed by atoms with E-state index in [2.05, 4.69) is 15.3 Å². The highest BCUT2D eigenvalue weighted by atomic mass is 32.1. The van der Waals surface area contributed by atoms with E-state index in [0.717, 1.165) is 22.0 Å². The number of hydrogen-bond acceptors (Lipinski definition) is 5. The van der Waals surface area contributed by atoms with Crippen LogP contribution in [0.4, 0.5) is 0 Å². The van der Waals surface area contributed by atoms with Gasteiger partial charge in [0.05, 0.1) is 25.3 Å². The Morgan fingerprint density at radius 3 is 2.71 bits per heavy atom. The Balaban J connectivity index is 1.42. The van der Waals surface area contributed by atoms with Crippen LogP contribution in [0.1, 0.15) is 11.4 Å². The summed E-state index contributed by atoms with van der Waals surface area (Å²) < 4.78 is 5.51. The van der Waals surface area contributed by atoms with Gasteiger partial charge >= 0.3 is 0 Å². The van der Waals surface area contributed by atoms with Crippen LogP contribution in [-0.2, 0) is 11.3 Å². The Hall–Kier alpha value is -2.73. The highest BCUT2D eigenvalue weighted by Gasteiger charge is 2.07. The summed E-state index contributed by atoms with van der Waals surface area (Å²) in [5.74, 6) is 0.721. The number of aromatic nitrogens is 2. The van der Waals surface area contributed by atoms with Crippen molar-refractivity contribution in [1.29, 1.82) is 0 Å². The predicted molar refractivity (Wildman–Crippen MR) is 93.7 cm³/mol. The summed E-state index contributed by atoms with van der Waals surface area (Å²) in [5, 5.41) is 5.72. The number of carbonyl (C=O) groups excluding carboxylic acids is 1. The molecule has 1 N–H and O–H groups in total. The van der Waals surface area contributed by atoms with Gasteiger partial charge in [0.1, 0.15) is 10.8 Å². The molecule has 1 amide bonds. The molecule has 2 aromatic heterocycles. The molecule has 0 unspecified atom stereocenters. The van der Waals surface area contributed by atoms with E-state index in [1.807, 2.05) is 47.8 Å². The van der Waals surface area contributed by atoms with Gasteiger partial charge in [-0.05, 0) is 24.3 Å². The van der Waals surface area contributed by atoms with Gasteiger partial charge in [-0.25, -0.2) is 4.98 Å². The van der Waals surface area contributed by atoms with E-state index in [1.54, 1.807) is 12.4 Å². The number of nitrogens with zero attached hydrogens (tertiary/aromatic N) is 2. The third kappa shape index (κ3) is 4.63. The van der Waals surface area contributed by atoms with Crippen molar-refractivity contribution in [2.45, 2.75) is 13.0 Å². The molecule has 0 bridgehead atoms. The molecule has 0 aliphatic carbocycles. The fourth-order valence-corrected chi connectivity index (χ4v) is 2.83. The normalized spacial score (nSPS) is 10.3. The Bertz CT molecular complexity index is 775. The third-order valence-corrected chi connectivity index (χ3v) is 4.15. The quantitative estimate of drug-likeness (QED) is 0.717. The number of benzene rings is 1. The first kappa shape index (κ1) is 16.1. The smallest absolute Gasteiger partial charge is 0.223 e. The molecule has 6 heteroatoms. The number of ether oxygens (including phenoxy) is 1. The number of carbonyl (C=O) groups is 1. The van der Waals surface area contributed by atoms with Crippen molar-refractivity contribution in [1.82, 2.24) is 15.3 Å². The number of thiazole rings is 1. The lowest BCUT2D eigenvalue weighted by Crippen LogP contribution is -2.24. The predicted octanol–water partition coefficient (Wildman–Crippen LogP) is 3.29. The van der Waals surface area contributed by atoms with Crippen molar-refractivity contribution in [2.24, 2.45) is 0 Å². The maximum absolute atomic E-state index is 11.9. The van der Waals surface area contributed by atoms with Crippen molar-refractivity contribution >= 4 is 17.2 Å². The molecule has 2 heterocycles. The summed E-state index contributed by atoms with van der Waals surface area (Å²) in [7, 11) is 0. The zero-order valence-corrected chi connectivity index (χ0v) is 13.8. The largest absolute Gasteiger partial charge is 0.493 e. The molecule has 0 aliphatic heterocycles. The van der Waals surface area contributed by atoms with Crippen LogP contribution < -0.4 is 10.1 Å². The fraction of sp³-hybridized carbons (Fsp3) is 0.167. The molecule has 0 spiro atoms. The number of pyridine rings is 1. The lowest BCUT2D eigenvalue weighted by atomic mass is 10.2. The molecule has 0 radical (unpaired) electrons. The summed E-state index contributed by atoms with van der Waals surface area (Å²) in [6.45, 7) is 0.788. The molecule has 0 saturated heterocycles. The Morgan fingerprint density at radius 1 is 1.12 bits per heavy atom. The van der Waals surface area contributed by atoms with Crippen LogP contribution in [0.25, 0.3) is 11.3 Å². The SMILES string of the molecule is O=C(CCOc1ccccc1)NCc1nc(-c2ccncc2)cs1. The second kappa shape index (κ2) is 8.21. The molecule has 3 rings (SSSR count). The first-order valence-corrected chi connectivity index (χ1v) is 8.48. The van der Waals surface area contributed by atoms with E-state index in [1.165, 1.54) is 11.3 Å². The molecular formula is C18H17N3O2S. The van der Waals surface area contributed by atoms with Crippen LogP contribution in [0, 0.1) is 0 Å². The second-order valence-corrected chi connectivity index (χ2v) is 5.99. The highest BCUT2D eigenvalue weighted by molar-refractivity contribution is 7.09. The number of hydrogen-bond donors (Lipinski definition) is 1. The summed E-state index contributed by atoms with van der Waals surface area (Å²) >= 11 is 1.53. The van der Waals surface area contributed by atoms with Gasteiger partial charge in [0.15, 0.2) is 0 Å². The Kier molecular flexibility index (Phi) is 5.52. The van der Waals surface area contributed by atoms with Crippen LogP contribution in [0.15, 0.2) is 60.2 Å². The van der Waals surface area contributed by atoms with Gasteiger partial charge < -0.3 is 10.1 Å². The maximum Gasteiger partial charge on any atom is 0.223 e. The molecule has 0 fully saturated rings. The van der Waals surface area contributed by atoms with Gasteiger partial charge in [-0.2, -0.15) is 0 Å². The van der Waals surface area contributed by atoms with Crippen molar-refractivity contribution in [3.05, 3.63) is 65.2 Å². The maximum atomic E-state index is 11.9. The van der Waals surface area contributed by atoms with Crippen molar-refractivity contribution < 1.29 is 9.53 Å². The van der Waals surface area contributed by atoms with Gasteiger partial charge in [-0.3, -0.25) is 9.78 Å². The minimum Gasteiger partial charge on any atom is -0.493 e. The van der Waals surface area contributed by atoms with Crippen molar-refractivity contribution in [3.63, 3.8) is 0 Å². The van der Waals surface area contributed by atoms with E-state index in [4.69, 9.17) is 4.74 Å². The molecule has 0 saturated carbocycles. The lowest BCUT2D eigenvalue weighted by molar-refractivity contribution is -0.121. The number of rotatable bonds is 7. The standard InChI is InChI=1S/C18H17N3O2S/c22-17(8-11-23-15-4-2-1-3-5-15)20-12-18-21-16(13-24-18)14-6-9-19-10-7-14/h1-7,9-10,13H,8,11-12H2,(H,20,22). The molecular weight excluding hydrogens is 322 g/mol. The van der Waals surface area contributed by atoms with E-state index in [0.29, 0.717) is 19.6 Å². The molecule has 122 valence electrons. The molecule has 5 nitrogen and oxygen atoms in total. The van der Waals surface area contributed by atoms with E-state index in [9.17, 15) is 4.79 Å². The van der Waals surface area contributed by atoms with E-state index >= 15 is 0 Å².